The highest BCUT2D eigenvalue weighted by atomic mass is 16.4. The number of oxazole rings is 1. The van der Waals surface area contributed by atoms with E-state index in [4.69, 9.17) is 4.42 Å². The molecule has 1 saturated heterocycles. The van der Waals surface area contributed by atoms with E-state index in [1.165, 1.54) is 43.7 Å². The van der Waals surface area contributed by atoms with E-state index in [0.29, 0.717) is 0 Å². The first kappa shape index (κ1) is 10.3. The number of nitrogens with one attached hydrogen (secondary N) is 1. The number of hydrogen-bond acceptors (Lipinski definition) is 3. The Morgan fingerprint density at radius 2 is 2.19 bits per heavy atom. The van der Waals surface area contributed by atoms with Gasteiger partial charge in [0.15, 0.2) is 5.89 Å². The molecule has 0 aromatic carbocycles. The van der Waals surface area contributed by atoms with Crippen LogP contribution in [-0.2, 0) is 19.3 Å². The predicted octanol–water partition coefficient (Wildman–Crippen LogP) is 2.10. The minimum Gasteiger partial charge on any atom is -0.445 e. The van der Waals surface area contributed by atoms with Crippen LogP contribution in [0.5, 0.6) is 0 Å². The van der Waals surface area contributed by atoms with Crippen molar-refractivity contribution in [1.82, 2.24) is 10.3 Å². The van der Waals surface area contributed by atoms with Crippen molar-refractivity contribution in [3.63, 3.8) is 0 Å². The normalized spacial score (nSPS) is 25.4. The second kappa shape index (κ2) is 4.58. The summed E-state index contributed by atoms with van der Waals surface area (Å²) in [6, 6.07) is 0. The maximum atomic E-state index is 5.87. The number of rotatable bonds is 2. The number of aromatic nitrogens is 1. The molecule has 3 nitrogen and oxygen atoms in total. The van der Waals surface area contributed by atoms with Crippen LogP contribution in [0, 0.1) is 5.92 Å². The van der Waals surface area contributed by atoms with Crippen LogP contribution in [0.1, 0.15) is 43.0 Å². The lowest BCUT2D eigenvalue weighted by Gasteiger charge is -2.21. The number of piperidine rings is 1. The van der Waals surface area contributed by atoms with Gasteiger partial charge in [-0.05, 0) is 51.1 Å². The molecule has 0 radical (unpaired) electrons. The third kappa shape index (κ3) is 2.14. The fraction of sp³-hybridized carbons (Fsp3) is 0.769. The number of nitrogens with zero attached hydrogens (tertiary/aromatic N) is 1. The Bertz CT molecular complexity index is 329. The van der Waals surface area contributed by atoms with Crippen molar-refractivity contribution in [1.29, 1.82) is 0 Å². The molecule has 0 saturated carbocycles. The highest BCUT2D eigenvalue weighted by molar-refractivity contribution is 5.13. The summed E-state index contributed by atoms with van der Waals surface area (Å²) in [6.07, 6.45) is 8.43. The molecular formula is C13H20N2O. The maximum absolute atomic E-state index is 5.87. The maximum Gasteiger partial charge on any atom is 0.194 e. The van der Waals surface area contributed by atoms with Crippen molar-refractivity contribution in [3.05, 3.63) is 17.3 Å². The molecule has 2 aliphatic rings. The smallest absolute Gasteiger partial charge is 0.194 e. The molecule has 1 unspecified atom stereocenters. The Morgan fingerprint density at radius 1 is 1.25 bits per heavy atom. The third-order valence-corrected chi connectivity index (χ3v) is 3.75. The Kier molecular flexibility index (Phi) is 2.96. The average Bonchev–Trinajstić information content (AvgIpc) is 2.72. The minimum atomic E-state index is 0.730. The summed E-state index contributed by atoms with van der Waals surface area (Å²) in [5.74, 6) is 2.89. The molecule has 88 valence electrons. The van der Waals surface area contributed by atoms with Crippen LogP contribution in [-0.4, -0.2) is 18.1 Å². The first-order valence-corrected chi connectivity index (χ1v) is 6.60. The minimum absolute atomic E-state index is 0.730. The van der Waals surface area contributed by atoms with Crippen LogP contribution in [0.2, 0.25) is 0 Å². The number of hydrogen-bond donors (Lipinski definition) is 1. The average molecular weight is 220 g/mol. The molecule has 1 aliphatic heterocycles. The summed E-state index contributed by atoms with van der Waals surface area (Å²) in [7, 11) is 0. The van der Waals surface area contributed by atoms with E-state index < -0.39 is 0 Å². The van der Waals surface area contributed by atoms with Gasteiger partial charge in [0.1, 0.15) is 5.76 Å². The number of fused-ring (bicyclic) bond motifs is 1. The molecule has 1 N–H and O–H groups in total. The van der Waals surface area contributed by atoms with E-state index >= 15 is 0 Å². The van der Waals surface area contributed by atoms with E-state index in [9.17, 15) is 0 Å². The summed E-state index contributed by atoms with van der Waals surface area (Å²) in [6.45, 7) is 2.31. The van der Waals surface area contributed by atoms with Crippen LogP contribution in [0.4, 0.5) is 0 Å². The van der Waals surface area contributed by atoms with Crippen molar-refractivity contribution in [2.75, 3.05) is 13.1 Å². The molecule has 16 heavy (non-hydrogen) atoms. The van der Waals surface area contributed by atoms with Gasteiger partial charge in [0, 0.05) is 12.8 Å². The standard InChI is InChI=1S/C13H20N2O/c1-2-6-12-11(5-1)15-13(16-12)8-10-4-3-7-14-9-10/h10,14H,1-9H2. The molecule has 3 rings (SSSR count). The van der Waals surface area contributed by atoms with Crippen molar-refractivity contribution < 1.29 is 4.42 Å². The van der Waals surface area contributed by atoms with Gasteiger partial charge in [-0.25, -0.2) is 4.98 Å². The molecule has 0 bridgehead atoms. The SMILES string of the molecule is C1CCc2oc(CC3CCCNC3)nc2C1. The van der Waals surface area contributed by atoms with Gasteiger partial charge >= 0.3 is 0 Å². The van der Waals surface area contributed by atoms with Gasteiger partial charge in [0.2, 0.25) is 0 Å². The molecule has 1 fully saturated rings. The first-order valence-electron chi connectivity index (χ1n) is 6.60. The van der Waals surface area contributed by atoms with Gasteiger partial charge in [0.05, 0.1) is 5.69 Å². The van der Waals surface area contributed by atoms with Gasteiger partial charge in [-0.2, -0.15) is 0 Å². The van der Waals surface area contributed by atoms with Crippen LogP contribution in [0.15, 0.2) is 4.42 Å². The van der Waals surface area contributed by atoms with Crippen LogP contribution in [0.25, 0.3) is 0 Å². The summed E-state index contributed by atoms with van der Waals surface area (Å²) in [5, 5.41) is 3.45. The van der Waals surface area contributed by atoms with E-state index in [0.717, 1.165) is 37.6 Å². The van der Waals surface area contributed by atoms with E-state index in [2.05, 4.69) is 10.3 Å². The van der Waals surface area contributed by atoms with Gasteiger partial charge in [-0.1, -0.05) is 0 Å². The lowest BCUT2D eigenvalue weighted by molar-refractivity contribution is 0.338. The summed E-state index contributed by atoms with van der Waals surface area (Å²) in [5.41, 5.74) is 1.24. The summed E-state index contributed by atoms with van der Waals surface area (Å²) >= 11 is 0. The monoisotopic (exact) mass is 220 g/mol. The quantitative estimate of drug-likeness (QED) is 0.829. The van der Waals surface area contributed by atoms with Crippen molar-refractivity contribution in [3.8, 4) is 0 Å². The van der Waals surface area contributed by atoms with Crippen LogP contribution >= 0.6 is 0 Å². The lowest BCUT2D eigenvalue weighted by Crippen LogP contribution is -2.30. The van der Waals surface area contributed by atoms with Gasteiger partial charge in [-0.15, -0.1) is 0 Å². The van der Waals surface area contributed by atoms with E-state index in [1.54, 1.807) is 0 Å². The van der Waals surface area contributed by atoms with Crippen molar-refractivity contribution >= 4 is 0 Å². The highest BCUT2D eigenvalue weighted by Gasteiger charge is 2.20. The Balaban J connectivity index is 1.67. The van der Waals surface area contributed by atoms with Crippen LogP contribution < -0.4 is 5.32 Å². The second-order valence-electron chi connectivity index (χ2n) is 5.10. The molecule has 3 heteroatoms. The number of aryl methyl sites for hydroxylation is 2. The zero-order valence-electron chi connectivity index (χ0n) is 9.80. The van der Waals surface area contributed by atoms with Crippen LogP contribution in [0.3, 0.4) is 0 Å². The van der Waals surface area contributed by atoms with Gasteiger partial charge in [0.25, 0.3) is 0 Å². The molecule has 1 aromatic rings. The third-order valence-electron chi connectivity index (χ3n) is 3.75. The molecule has 0 amide bonds. The Hall–Kier alpha value is -0.830. The predicted molar refractivity (Wildman–Crippen MR) is 62.4 cm³/mol. The summed E-state index contributed by atoms with van der Waals surface area (Å²) < 4.78 is 5.87. The Labute approximate surface area is 96.6 Å². The van der Waals surface area contributed by atoms with E-state index in [1.807, 2.05) is 0 Å². The largest absolute Gasteiger partial charge is 0.445 e. The molecule has 2 heterocycles. The molecule has 1 aromatic heterocycles. The van der Waals surface area contributed by atoms with Gasteiger partial charge in [-0.3, -0.25) is 0 Å². The van der Waals surface area contributed by atoms with Crippen molar-refractivity contribution in [2.45, 2.75) is 44.9 Å². The second-order valence-corrected chi connectivity index (χ2v) is 5.10. The highest BCUT2D eigenvalue weighted by Crippen LogP contribution is 2.24. The zero-order chi connectivity index (χ0) is 10.8. The molecule has 1 atom stereocenters. The lowest BCUT2D eigenvalue weighted by atomic mass is 9.96. The van der Waals surface area contributed by atoms with Gasteiger partial charge < -0.3 is 9.73 Å². The molecule has 1 aliphatic carbocycles. The van der Waals surface area contributed by atoms with Crippen molar-refractivity contribution in [2.24, 2.45) is 5.92 Å². The fourth-order valence-electron chi connectivity index (χ4n) is 2.84. The summed E-state index contributed by atoms with van der Waals surface area (Å²) in [4.78, 5) is 4.65. The first-order chi connectivity index (χ1) is 7.92. The van der Waals surface area contributed by atoms with E-state index in [-0.39, 0.29) is 0 Å². The molecule has 0 spiro atoms. The zero-order valence-corrected chi connectivity index (χ0v) is 9.80. The Morgan fingerprint density at radius 3 is 3.00 bits per heavy atom. The topological polar surface area (TPSA) is 38.1 Å². The molecular weight excluding hydrogens is 200 g/mol. The fourth-order valence-corrected chi connectivity index (χ4v) is 2.84.